The Bertz CT molecular complexity index is 953. The van der Waals surface area contributed by atoms with E-state index in [1.54, 1.807) is 24.3 Å². The van der Waals surface area contributed by atoms with Crippen molar-refractivity contribution >= 4 is 18.2 Å². The summed E-state index contributed by atoms with van der Waals surface area (Å²) in [7, 11) is 0. The van der Waals surface area contributed by atoms with E-state index in [4.69, 9.17) is 9.15 Å². The fraction of sp³-hybridized carbons (Fsp3) is 0.250. The first-order chi connectivity index (χ1) is 13.2. The van der Waals surface area contributed by atoms with Gasteiger partial charge in [-0.05, 0) is 61.7 Å². The summed E-state index contributed by atoms with van der Waals surface area (Å²) < 4.78 is 26.4. The number of ether oxygens (including phenoxy) is 1. The van der Waals surface area contributed by atoms with E-state index < -0.39 is 0 Å². The molecule has 1 fully saturated rings. The van der Waals surface area contributed by atoms with Crippen LogP contribution in [0.5, 0.6) is 0 Å². The highest BCUT2D eigenvalue weighted by Crippen LogP contribution is 2.25. The zero-order valence-electron chi connectivity index (χ0n) is 14.7. The van der Waals surface area contributed by atoms with Gasteiger partial charge >= 0.3 is 0 Å². The molecule has 0 amide bonds. The molecule has 0 radical (unpaired) electrons. The summed E-state index contributed by atoms with van der Waals surface area (Å²) in [5.74, 6) is 0.381. The minimum atomic E-state index is -0.311. The van der Waals surface area contributed by atoms with Crippen LogP contribution in [0, 0.1) is 5.82 Å². The summed E-state index contributed by atoms with van der Waals surface area (Å²) in [4.78, 5) is 0. The molecule has 2 aromatic heterocycles. The number of benzene rings is 1. The fourth-order valence-corrected chi connectivity index (χ4v) is 2.97. The largest absolute Gasteiger partial charge is 0.417 e. The number of hydrogen-bond acceptors (Lipinski definition) is 5. The molecule has 27 heavy (non-hydrogen) atoms. The Labute approximate surface area is 156 Å². The van der Waals surface area contributed by atoms with Crippen LogP contribution in [0.3, 0.4) is 0 Å². The molecule has 0 spiro atoms. The normalized spacial score (nSPS) is 17.4. The molecule has 1 unspecified atom stereocenters. The molecular weight excluding hydrogens is 347 g/mol. The monoisotopic (exact) mass is 366 g/mol. The Morgan fingerprint density at radius 2 is 2.00 bits per heavy atom. The second-order valence-corrected chi connectivity index (χ2v) is 6.25. The van der Waals surface area contributed by atoms with Crippen LogP contribution in [0.25, 0.3) is 29.7 Å². The van der Waals surface area contributed by atoms with Gasteiger partial charge in [0, 0.05) is 18.2 Å². The van der Waals surface area contributed by atoms with Gasteiger partial charge in [0.15, 0.2) is 6.23 Å². The number of halogens is 1. The van der Waals surface area contributed by atoms with Crippen molar-refractivity contribution in [3.63, 3.8) is 0 Å². The fourth-order valence-electron chi connectivity index (χ4n) is 2.97. The first-order valence-electron chi connectivity index (χ1n) is 8.84. The average molecular weight is 366 g/mol. The Hall–Kier alpha value is -3.06. The quantitative estimate of drug-likeness (QED) is 0.661. The molecular formula is C20H19FN4O2. The minimum absolute atomic E-state index is 0.0791. The van der Waals surface area contributed by atoms with Crippen molar-refractivity contribution < 1.29 is 13.5 Å². The van der Waals surface area contributed by atoms with Crippen LogP contribution in [0.4, 0.5) is 4.39 Å². The van der Waals surface area contributed by atoms with Crippen molar-refractivity contribution in [2.75, 3.05) is 6.61 Å². The molecule has 1 aromatic carbocycles. The lowest BCUT2D eigenvalue weighted by molar-refractivity contribution is -0.0398. The lowest BCUT2D eigenvalue weighted by Gasteiger charge is -2.23. The van der Waals surface area contributed by atoms with Gasteiger partial charge in [0.1, 0.15) is 5.82 Å². The van der Waals surface area contributed by atoms with E-state index in [1.807, 2.05) is 16.8 Å². The van der Waals surface area contributed by atoms with Gasteiger partial charge in [-0.3, -0.25) is 0 Å². The number of nitrogens with zero attached hydrogens (tertiary/aromatic N) is 4. The van der Waals surface area contributed by atoms with E-state index >= 15 is 0 Å². The van der Waals surface area contributed by atoms with Crippen LogP contribution < -0.4 is 0 Å². The van der Waals surface area contributed by atoms with E-state index in [9.17, 15) is 4.39 Å². The highest BCUT2D eigenvalue weighted by Gasteiger charge is 2.19. The third kappa shape index (κ3) is 3.88. The molecule has 0 bridgehead atoms. The third-order valence-electron chi connectivity index (χ3n) is 4.35. The predicted molar refractivity (Wildman–Crippen MR) is 99.8 cm³/mol. The third-order valence-corrected chi connectivity index (χ3v) is 4.35. The average Bonchev–Trinajstić information content (AvgIpc) is 3.34. The van der Waals surface area contributed by atoms with Gasteiger partial charge in [-0.1, -0.05) is 6.58 Å². The molecule has 6 nitrogen and oxygen atoms in total. The number of rotatable bonds is 5. The Morgan fingerprint density at radius 1 is 1.15 bits per heavy atom. The molecule has 4 rings (SSSR count). The van der Waals surface area contributed by atoms with Crippen molar-refractivity contribution in [1.82, 2.24) is 20.0 Å². The second-order valence-electron chi connectivity index (χ2n) is 6.25. The maximum atomic E-state index is 13.0. The van der Waals surface area contributed by atoms with Crippen molar-refractivity contribution in [2.24, 2.45) is 0 Å². The van der Waals surface area contributed by atoms with Crippen LogP contribution >= 0.6 is 0 Å². The summed E-state index contributed by atoms with van der Waals surface area (Å²) in [5.41, 5.74) is 2.32. The molecule has 0 aliphatic carbocycles. The summed E-state index contributed by atoms with van der Waals surface area (Å²) in [6.45, 7) is 4.52. The summed E-state index contributed by atoms with van der Waals surface area (Å²) in [6, 6.07) is 7.84. The van der Waals surface area contributed by atoms with E-state index in [1.165, 1.54) is 12.1 Å². The maximum Gasteiger partial charge on any atom is 0.248 e. The van der Waals surface area contributed by atoms with Gasteiger partial charge < -0.3 is 9.15 Å². The highest BCUT2D eigenvalue weighted by atomic mass is 19.1. The van der Waals surface area contributed by atoms with Gasteiger partial charge in [-0.25, -0.2) is 9.07 Å². The van der Waals surface area contributed by atoms with Crippen molar-refractivity contribution in [1.29, 1.82) is 0 Å². The molecule has 1 aliphatic rings. The smallest absolute Gasteiger partial charge is 0.248 e. The highest BCUT2D eigenvalue weighted by molar-refractivity contribution is 5.66. The zero-order chi connectivity index (χ0) is 18.6. The second kappa shape index (κ2) is 7.67. The van der Waals surface area contributed by atoms with Gasteiger partial charge in [0.05, 0.1) is 11.4 Å². The van der Waals surface area contributed by atoms with Crippen LogP contribution in [0.1, 0.15) is 42.8 Å². The van der Waals surface area contributed by atoms with Gasteiger partial charge in [-0.15, -0.1) is 10.2 Å². The van der Waals surface area contributed by atoms with E-state index in [0.29, 0.717) is 17.3 Å². The number of hydrogen-bond donors (Lipinski definition) is 0. The summed E-state index contributed by atoms with van der Waals surface area (Å²) in [6.07, 6.45) is 8.32. The predicted octanol–water partition coefficient (Wildman–Crippen LogP) is 4.58. The van der Waals surface area contributed by atoms with Crippen molar-refractivity contribution in [3.05, 3.63) is 60.0 Å². The van der Waals surface area contributed by atoms with Crippen LogP contribution in [-0.2, 0) is 4.74 Å². The molecule has 1 atom stereocenters. The van der Waals surface area contributed by atoms with Crippen LogP contribution in [0.15, 0.2) is 41.3 Å². The van der Waals surface area contributed by atoms with Gasteiger partial charge in [0.25, 0.3) is 0 Å². The van der Waals surface area contributed by atoms with Crippen molar-refractivity contribution in [2.45, 2.75) is 25.5 Å². The lowest BCUT2D eigenvalue weighted by Crippen LogP contribution is -2.20. The molecule has 0 N–H and O–H groups in total. The Balaban J connectivity index is 1.57. The first kappa shape index (κ1) is 17.4. The molecule has 7 heteroatoms. The van der Waals surface area contributed by atoms with E-state index in [2.05, 4.69) is 21.9 Å². The minimum Gasteiger partial charge on any atom is -0.417 e. The topological polar surface area (TPSA) is 66.0 Å². The molecule has 3 aromatic rings. The maximum absolute atomic E-state index is 13.0. The summed E-state index contributed by atoms with van der Waals surface area (Å²) >= 11 is 0. The van der Waals surface area contributed by atoms with Crippen LogP contribution in [-0.4, -0.2) is 26.6 Å². The van der Waals surface area contributed by atoms with Gasteiger partial charge in [-0.2, -0.15) is 5.10 Å². The molecule has 1 saturated heterocycles. The van der Waals surface area contributed by atoms with E-state index in [0.717, 1.165) is 37.3 Å². The van der Waals surface area contributed by atoms with Crippen LogP contribution in [0.2, 0.25) is 0 Å². The zero-order valence-corrected chi connectivity index (χ0v) is 14.7. The standard InChI is InChI=1S/C20H19FN4O2/c1-2-16-13-17(25(24-16)19-5-3-4-12-26-19)10-11-18-22-23-20(27-18)14-6-8-15(21)9-7-14/h2,6-11,13,19H,1,3-5,12H2/b11-10+. The van der Waals surface area contributed by atoms with E-state index in [-0.39, 0.29) is 12.0 Å². The summed E-state index contributed by atoms with van der Waals surface area (Å²) in [5, 5.41) is 12.6. The molecule has 0 saturated carbocycles. The first-order valence-corrected chi connectivity index (χ1v) is 8.84. The Morgan fingerprint density at radius 3 is 2.74 bits per heavy atom. The molecule has 1 aliphatic heterocycles. The molecule has 3 heterocycles. The molecule has 138 valence electrons. The number of aromatic nitrogens is 4. The van der Waals surface area contributed by atoms with Crippen molar-refractivity contribution in [3.8, 4) is 11.5 Å². The Kier molecular flexibility index (Phi) is 4.93. The SMILES string of the molecule is C=Cc1cc(/C=C/c2nnc(-c3ccc(F)cc3)o2)n(C2CCCCO2)n1. The van der Waals surface area contributed by atoms with Gasteiger partial charge in [0.2, 0.25) is 11.8 Å². The lowest BCUT2D eigenvalue weighted by atomic mass is 10.2.